The maximum Gasteiger partial charge on any atom is 0.306 e. The first kappa shape index (κ1) is 15.5. The van der Waals surface area contributed by atoms with Crippen LogP contribution < -0.4 is 0 Å². The highest BCUT2D eigenvalue weighted by Gasteiger charge is 2.39. The summed E-state index contributed by atoms with van der Waals surface area (Å²) in [5.41, 5.74) is 0. The van der Waals surface area contributed by atoms with Crippen molar-refractivity contribution in [3.63, 3.8) is 0 Å². The van der Waals surface area contributed by atoms with Gasteiger partial charge in [-0.1, -0.05) is 6.42 Å². The maximum atomic E-state index is 11.8. The van der Waals surface area contributed by atoms with Crippen LogP contribution >= 0.6 is 0 Å². The molecule has 0 spiro atoms. The van der Waals surface area contributed by atoms with Gasteiger partial charge in [-0.3, -0.25) is 14.5 Å². The number of Topliss-reactive ketones (excluding diaryl/α,β-unsaturated/α-hetero) is 1. The number of esters is 1. The van der Waals surface area contributed by atoms with Crippen molar-refractivity contribution in [2.24, 2.45) is 17.8 Å². The van der Waals surface area contributed by atoms with Crippen LogP contribution in [0, 0.1) is 17.8 Å². The van der Waals surface area contributed by atoms with Gasteiger partial charge in [0.05, 0.1) is 19.6 Å². The maximum absolute atomic E-state index is 11.8. The molecule has 0 aromatic heterocycles. The molecule has 0 aliphatic heterocycles. The van der Waals surface area contributed by atoms with E-state index in [0.29, 0.717) is 19.6 Å². The predicted molar refractivity (Wildman–Crippen MR) is 77.3 cm³/mol. The number of nitrogens with zero attached hydrogens (tertiary/aromatic N) is 1. The van der Waals surface area contributed by atoms with Crippen LogP contribution in [0.2, 0.25) is 0 Å². The van der Waals surface area contributed by atoms with Gasteiger partial charge in [0.1, 0.15) is 5.78 Å². The molecule has 2 saturated carbocycles. The first-order chi connectivity index (χ1) is 9.58. The number of ether oxygens (including phenoxy) is 1. The van der Waals surface area contributed by atoms with Gasteiger partial charge in [0.15, 0.2) is 0 Å². The van der Waals surface area contributed by atoms with E-state index in [9.17, 15) is 9.59 Å². The molecular weight excluding hydrogens is 254 g/mol. The minimum absolute atomic E-state index is 0.142. The lowest BCUT2D eigenvalue weighted by Gasteiger charge is -2.26. The Hall–Kier alpha value is -0.900. The normalized spacial score (nSPS) is 28.1. The van der Waals surface area contributed by atoms with Crippen LogP contribution in [0.15, 0.2) is 0 Å². The van der Waals surface area contributed by atoms with Gasteiger partial charge in [-0.05, 0) is 51.0 Å². The summed E-state index contributed by atoms with van der Waals surface area (Å²) in [6.45, 7) is 3.67. The topological polar surface area (TPSA) is 46.6 Å². The summed E-state index contributed by atoms with van der Waals surface area (Å²) in [5, 5.41) is 0. The van der Waals surface area contributed by atoms with Gasteiger partial charge in [-0.25, -0.2) is 0 Å². The van der Waals surface area contributed by atoms with Crippen LogP contribution in [-0.4, -0.2) is 43.4 Å². The van der Waals surface area contributed by atoms with E-state index < -0.39 is 0 Å². The first-order valence-electron chi connectivity index (χ1n) is 7.94. The Bertz CT molecular complexity index is 356. The van der Waals surface area contributed by atoms with Crippen molar-refractivity contribution in [2.45, 2.75) is 45.4 Å². The lowest BCUT2D eigenvalue weighted by molar-refractivity contribution is -0.144. The van der Waals surface area contributed by atoms with Gasteiger partial charge >= 0.3 is 5.97 Å². The summed E-state index contributed by atoms with van der Waals surface area (Å²) >= 11 is 0. The van der Waals surface area contributed by atoms with Gasteiger partial charge in [0, 0.05) is 13.0 Å². The van der Waals surface area contributed by atoms with Crippen molar-refractivity contribution >= 4 is 11.8 Å². The summed E-state index contributed by atoms with van der Waals surface area (Å²) in [4.78, 5) is 25.2. The molecule has 2 fully saturated rings. The minimum atomic E-state index is -0.267. The van der Waals surface area contributed by atoms with Gasteiger partial charge in [0.25, 0.3) is 0 Å². The molecule has 0 aromatic carbocycles. The lowest BCUT2D eigenvalue weighted by Crippen LogP contribution is -2.33. The van der Waals surface area contributed by atoms with E-state index in [2.05, 4.69) is 4.90 Å². The number of hydrogen-bond acceptors (Lipinski definition) is 4. The Labute approximate surface area is 121 Å². The zero-order valence-electron chi connectivity index (χ0n) is 12.8. The number of likely N-dealkylation sites (N-methyl/N-ethyl adjacent to an activating group) is 1. The summed E-state index contributed by atoms with van der Waals surface area (Å²) < 4.78 is 4.83. The molecule has 114 valence electrons. The molecule has 0 heterocycles. The fraction of sp³-hybridized carbons (Fsp3) is 0.875. The van der Waals surface area contributed by atoms with Crippen molar-refractivity contribution in [3.05, 3.63) is 0 Å². The Balaban J connectivity index is 1.62. The molecular formula is C16H27NO3. The van der Waals surface area contributed by atoms with Crippen molar-refractivity contribution in [1.29, 1.82) is 0 Å². The summed E-state index contributed by atoms with van der Waals surface area (Å²) in [6, 6.07) is 0. The first-order valence-corrected chi connectivity index (χ1v) is 7.94. The van der Waals surface area contributed by atoms with Crippen LogP contribution in [0.5, 0.6) is 0 Å². The SMILES string of the molecule is CCOC(=O)CCC(=O)CN(C)CC1CC2CCC1C2. The Kier molecular flexibility index (Phi) is 5.58. The summed E-state index contributed by atoms with van der Waals surface area (Å²) in [5.74, 6) is 2.52. The van der Waals surface area contributed by atoms with Crippen molar-refractivity contribution in [1.82, 2.24) is 4.90 Å². The summed E-state index contributed by atoms with van der Waals surface area (Å²) in [6.07, 6.45) is 6.10. The number of carbonyl (C=O) groups is 2. The molecule has 0 amide bonds. The lowest BCUT2D eigenvalue weighted by atomic mass is 9.88. The monoisotopic (exact) mass is 281 g/mol. The van der Waals surface area contributed by atoms with Crippen LogP contribution in [0.3, 0.4) is 0 Å². The smallest absolute Gasteiger partial charge is 0.306 e. The molecule has 2 bridgehead atoms. The molecule has 0 aromatic rings. The molecule has 20 heavy (non-hydrogen) atoms. The van der Waals surface area contributed by atoms with Crippen LogP contribution in [-0.2, 0) is 14.3 Å². The van der Waals surface area contributed by atoms with Crippen molar-refractivity contribution in [2.75, 3.05) is 26.7 Å². The van der Waals surface area contributed by atoms with Gasteiger partial charge < -0.3 is 4.74 Å². The number of hydrogen-bond donors (Lipinski definition) is 0. The molecule has 0 radical (unpaired) electrons. The molecule has 2 aliphatic rings. The number of rotatable bonds is 8. The van der Waals surface area contributed by atoms with E-state index in [1.54, 1.807) is 6.92 Å². The van der Waals surface area contributed by atoms with Crippen LogP contribution in [0.1, 0.15) is 45.4 Å². The number of carbonyl (C=O) groups excluding carboxylic acids is 2. The molecule has 4 nitrogen and oxygen atoms in total. The summed E-state index contributed by atoms with van der Waals surface area (Å²) in [7, 11) is 2.02. The second-order valence-corrected chi connectivity index (χ2v) is 6.48. The van der Waals surface area contributed by atoms with Crippen molar-refractivity contribution < 1.29 is 14.3 Å². The van der Waals surface area contributed by atoms with Crippen LogP contribution in [0.25, 0.3) is 0 Å². The second kappa shape index (κ2) is 7.21. The predicted octanol–water partition coefficient (Wildman–Crippen LogP) is 2.27. The average molecular weight is 281 g/mol. The molecule has 4 heteroatoms. The second-order valence-electron chi connectivity index (χ2n) is 6.48. The molecule has 0 saturated heterocycles. The average Bonchev–Trinajstić information content (AvgIpc) is 2.98. The standard InChI is InChI=1S/C16H27NO3/c1-3-20-16(19)7-6-15(18)11-17(2)10-14-9-12-4-5-13(14)8-12/h12-14H,3-11H2,1-2H3. The van der Waals surface area contributed by atoms with E-state index in [1.165, 1.54) is 25.7 Å². The molecule has 0 N–H and O–H groups in total. The van der Waals surface area contributed by atoms with E-state index >= 15 is 0 Å². The highest BCUT2D eigenvalue weighted by molar-refractivity contribution is 5.84. The van der Waals surface area contributed by atoms with Crippen molar-refractivity contribution in [3.8, 4) is 0 Å². The van der Waals surface area contributed by atoms with E-state index in [4.69, 9.17) is 4.74 Å². The third-order valence-electron chi connectivity index (χ3n) is 4.79. The Morgan fingerprint density at radius 3 is 2.60 bits per heavy atom. The Morgan fingerprint density at radius 2 is 2.00 bits per heavy atom. The van der Waals surface area contributed by atoms with Crippen LogP contribution in [0.4, 0.5) is 0 Å². The quantitative estimate of drug-likeness (QED) is 0.640. The van der Waals surface area contributed by atoms with Gasteiger partial charge in [-0.2, -0.15) is 0 Å². The largest absolute Gasteiger partial charge is 0.466 e. The third kappa shape index (κ3) is 4.30. The van der Waals surface area contributed by atoms with Gasteiger partial charge in [-0.15, -0.1) is 0 Å². The fourth-order valence-corrected chi connectivity index (χ4v) is 3.92. The third-order valence-corrected chi connectivity index (χ3v) is 4.79. The number of ketones is 1. The van der Waals surface area contributed by atoms with Gasteiger partial charge in [0.2, 0.25) is 0 Å². The molecule has 2 rings (SSSR count). The fourth-order valence-electron chi connectivity index (χ4n) is 3.92. The van der Waals surface area contributed by atoms with E-state index in [0.717, 1.165) is 24.3 Å². The zero-order valence-corrected chi connectivity index (χ0v) is 12.8. The Morgan fingerprint density at radius 1 is 1.20 bits per heavy atom. The molecule has 2 aliphatic carbocycles. The van der Waals surface area contributed by atoms with E-state index in [-0.39, 0.29) is 18.2 Å². The highest BCUT2D eigenvalue weighted by Crippen LogP contribution is 2.48. The highest BCUT2D eigenvalue weighted by atomic mass is 16.5. The zero-order chi connectivity index (χ0) is 14.5. The molecule has 3 unspecified atom stereocenters. The number of fused-ring (bicyclic) bond motifs is 2. The van der Waals surface area contributed by atoms with E-state index in [1.807, 2.05) is 7.05 Å². The molecule has 3 atom stereocenters. The minimum Gasteiger partial charge on any atom is -0.466 e.